The number of benzene rings is 1. The predicted molar refractivity (Wildman–Crippen MR) is 102 cm³/mol. The molecule has 4 nitrogen and oxygen atoms in total. The highest BCUT2D eigenvalue weighted by Gasteiger charge is 2.56. The van der Waals surface area contributed by atoms with Crippen molar-refractivity contribution >= 4 is 17.7 Å². The molecule has 1 saturated carbocycles. The van der Waals surface area contributed by atoms with Gasteiger partial charge in [-0.1, -0.05) is 30.3 Å². The van der Waals surface area contributed by atoms with E-state index in [0.29, 0.717) is 30.5 Å². The van der Waals surface area contributed by atoms with Gasteiger partial charge in [0.2, 0.25) is 5.91 Å². The van der Waals surface area contributed by atoms with Gasteiger partial charge >= 0.3 is 0 Å². The number of nitrogens with one attached hydrogen (secondary N) is 1. The molecule has 3 aliphatic rings. The Hall–Kier alpha value is -1.04. The largest absolute Gasteiger partial charge is 0.376 e. The number of fused-ring (bicyclic) bond motifs is 1. The van der Waals surface area contributed by atoms with Gasteiger partial charge < -0.3 is 10.1 Å². The third-order valence-electron chi connectivity index (χ3n) is 5.82. The second kappa shape index (κ2) is 8.11. The normalized spacial score (nSPS) is 31.5. The first-order valence-corrected chi connectivity index (χ1v) is 10.7. The smallest absolute Gasteiger partial charge is 0.221 e. The van der Waals surface area contributed by atoms with E-state index in [1.54, 1.807) is 0 Å². The van der Waals surface area contributed by atoms with Crippen molar-refractivity contribution in [2.75, 3.05) is 25.4 Å². The molecule has 2 aliphatic heterocycles. The number of hydrogen-bond acceptors (Lipinski definition) is 4. The van der Waals surface area contributed by atoms with Gasteiger partial charge in [0.15, 0.2) is 0 Å². The molecule has 0 unspecified atom stereocenters. The third-order valence-corrected chi connectivity index (χ3v) is 6.85. The molecule has 4 rings (SSSR count). The number of likely N-dealkylation sites (tertiary alicyclic amines) is 1. The summed E-state index contributed by atoms with van der Waals surface area (Å²) in [6, 6.07) is 11.2. The molecular weight excluding hydrogens is 332 g/mol. The van der Waals surface area contributed by atoms with Crippen molar-refractivity contribution in [3.8, 4) is 0 Å². The highest BCUT2D eigenvalue weighted by atomic mass is 32.2. The maximum absolute atomic E-state index is 12.4. The van der Waals surface area contributed by atoms with Crippen LogP contribution in [0.5, 0.6) is 0 Å². The van der Waals surface area contributed by atoms with Gasteiger partial charge in [-0.25, -0.2) is 0 Å². The summed E-state index contributed by atoms with van der Waals surface area (Å²) in [4.78, 5) is 15.0. The SMILES string of the molecule is O=C(CCSCc1ccccc1)N[C@H]1[C@H]2CCO[C@H]2[C@@H]1N1CCCC1. The molecule has 1 aliphatic carbocycles. The number of amides is 1. The first-order valence-electron chi connectivity index (χ1n) is 9.59. The Bertz CT molecular complexity index is 572. The zero-order valence-electron chi connectivity index (χ0n) is 14.7. The third kappa shape index (κ3) is 3.88. The van der Waals surface area contributed by atoms with Crippen LogP contribution in [0.15, 0.2) is 30.3 Å². The lowest BCUT2D eigenvalue weighted by atomic mass is 9.70. The van der Waals surface area contributed by atoms with E-state index in [1.165, 1.54) is 18.4 Å². The number of ether oxygens (including phenoxy) is 1. The Labute approximate surface area is 154 Å². The van der Waals surface area contributed by atoms with E-state index >= 15 is 0 Å². The lowest BCUT2D eigenvalue weighted by Gasteiger charge is -2.51. The van der Waals surface area contributed by atoms with Crippen molar-refractivity contribution in [1.82, 2.24) is 10.2 Å². The Morgan fingerprint density at radius 1 is 1.24 bits per heavy atom. The average Bonchev–Trinajstić information content (AvgIpc) is 3.29. The molecule has 25 heavy (non-hydrogen) atoms. The molecule has 0 aromatic heterocycles. The first kappa shape index (κ1) is 17.4. The molecule has 0 spiro atoms. The summed E-state index contributed by atoms with van der Waals surface area (Å²) in [6.45, 7) is 3.19. The molecule has 2 saturated heterocycles. The summed E-state index contributed by atoms with van der Waals surface area (Å²) in [6.07, 6.45) is 4.63. The minimum atomic E-state index is 0.208. The lowest BCUT2D eigenvalue weighted by Crippen LogP contribution is -2.70. The molecule has 5 heteroatoms. The van der Waals surface area contributed by atoms with Gasteiger partial charge in [-0.2, -0.15) is 11.8 Å². The Kier molecular flexibility index (Phi) is 5.63. The maximum atomic E-state index is 12.4. The second-order valence-corrected chi connectivity index (χ2v) is 8.51. The van der Waals surface area contributed by atoms with E-state index in [2.05, 4.69) is 34.5 Å². The topological polar surface area (TPSA) is 41.6 Å². The fourth-order valence-electron chi connectivity index (χ4n) is 4.53. The molecule has 136 valence electrons. The minimum absolute atomic E-state index is 0.208. The Morgan fingerprint density at radius 2 is 2.04 bits per heavy atom. The van der Waals surface area contributed by atoms with Crippen LogP contribution in [0.1, 0.15) is 31.2 Å². The van der Waals surface area contributed by atoms with Crippen LogP contribution in [0, 0.1) is 5.92 Å². The Balaban J connectivity index is 1.22. The van der Waals surface area contributed by atoms with Crippen LogP contribution in [-0.4, -0.2) is 54.4 Å². The molecule has 0 radical (unpaired) electrons. The molecule has 4 atom stereocenters. The van der Waals surface area contributed by atoms with Crippen LogP contribution in [0.4, 0.5) is 0 Å². The van der Waals surface area contributed by atoms with Gasteiger partial charge in [-0.15, -0.1) is 0 Å². The van der Waals surface area contributed by atoms with Crippen molar-refractivity contribution in [3.63, 3.8) is 0 Å². The number of carbonyl (C=O) groups is 1. The summed E-state index contributed by atoms with van der Waals surface area (Å²) in [7, 11) is 0. The van der Waals surface area contributed by atoms with E-state index in [9.17, 15) is 4.79 Å². The number of nitrogens with zero attached hydrogens (tertiary/aromatic N) is 1. The van der Waals surface area contributed by atoms with Crippen LogP contribution in [-0.2, 0) is 15.3 Å². The van der Waals surface area contributed by atoms with E-state index in [1.807, 2.05) is 17.8 Å². The monoisotopic (exact) mass is 360 g/mol. The minimum Gasteiger partial charge on any atom is -0.376 e. The van der Waals surface area contributed by atoms with Crippen LogP contribution >= 0.6 is 11.8 Å². The predicted octanol–water partition coefficient (Wildman–Crippen LogP) is 2.68. The summed E-state index contributed by atoms with van der Waals surface area (Å²) in [5.41, 5.74) is 1.33. The number of thioether (sulfide) groups is 1. The average molecular weight is 361 g/mol. The van der Waals surface area contributed by atoms with Gasteiger partial charge in [0.25, 0.3) is 0 Å². The summed E-state index contributed by atoms with van der Waals surface area (Å²) >= 11 is 1.84. The molecule has 0 bridgehead atoms. The molecule has 2 heterocycles. The van der Waals surface area contributed by atoms with Gasteiger partial charge in [-0.05, 0) is 37.9 Å². The molecule has 3 fully saturated rings. The number of rotatable bonds is 7. The molecule has 1 amide bonds. The fraction of sp³-hybridized carbons (Fsp3) is 0.650. The summed E-state index contributed by atoms with van der Waals surface area (Å²) in [5, 5.41) is 3.34. The quantitative estimate of drug-likeness (QED) is 0.759. The second-order valence-electron chi connectivity index (χ2n) is 7.40. The zero-order chi connectivity index (χ0) is 17.1. The van der Waals surface area contributed by atoms with Crippen molar-refractivity contribution in [1.29, 1.82) is 0 Å². The van der Waals surface area contributed by atoms with Crippen molar-refractivity contribution in [2.24, 2.45) is 5.92 Å². The molecule has 1 aromatic carbocycles. The van der Waals surface area contributed by atoms with E-state index in [-0.39, 0.29) is 5.91 Å². The number of hydrogen-bond donors (Lipinski definition) is 1. The summed E-state index contributed by atoms with van der Waals surface area (Å²) < 4.78 is 5.94. The molecular formula is C20H28N2O2S. The van der Waals surface area contributed by atoms with E-state index < -0.39 is 0 Å². The van der Waals surface area contributed by atoms with Crippen LogP contribution in [0.25, 0.3) is 0 Å². The standard InChI is InChI=1S/C20H28N2O2S/c23-17(9-13-25-14-15-6-2-1-3-7-15)21-18-16-8-12-24-20(16)19(18)22-10-4-5-11-22/h1-3,6-7,16,18-20H,4-5,8-14H2,(H,21,23)/t16-,18+,19-,20-/m1/s1. The maximum Gasteiger partial charge on any atom is 0.221 e. The first-order chi connectivity index (χ1) is 12.3. The van der Waals surface area contributed by atoms with Crippen LogP contribution < -0.4 is 5.32 Å². The van der Waals surface area contributed by atoms with Gasteiger partial charge in [0.05, 0.1) is 18.2 Å². The summed E-state index contributed by atoms with van der Waals surface area (Å²) in [5.74, 6) is 2.60. The Morgan fingerprint density at radius 3 is 2.84 bits per heavy atom. The fourth-order valence-corrected chi connectivity index (χ4v) is 5.43. The van der Waals surface area contributed by atoms with E-state index in [0.717, 1.165) is 37.6 Å². The van der Waals surface area contributed by atoms with Crippen LogP contribution in [0.3, 0.4) is 0 Å². The van der Waals surface area contributed by atoms with E-state index in [4.69, 9.17) is 4.74 Å². The zero-order valence-corrected chi connectivity index (χ0v) is 15.5. The van der Waals surface area contributed by atoms with Crippen molar-refractivity contribution < 1.29 is 9.53 Å². The highest BCUT2D eigenvalue weighted by Crippen LogP contribution is 2.42. The van der Waals surface area contributed by atoms with Gasteiger partial charge in [-0.3, -0.25) is 9.69 Å². The van der Waals surface area contributed by atoms with Crippen molar-refractivity contribution in [3.05, 3.63) is 35.9 Å². The molecule has 1 N–H and O–H groups in total. The highest BCUT2D eigenvalue weighted by molar-refractivity contribution is 7.98. The number of carbonyl (C=O) groups excluding carboxylic acids is 1. The lowest BCUT2D eigenvalue weighted by molar-refractivity contribution is -0.128. The van der Waals surface area contributed by atoms with Crippen molar-refractivity contribution in [2.45, 2.75) is 49.6 Å². The van der Waals surface area contributed by atoms with Crippen LogP contribution in [0.2, 0.25) is 0 Å². The molecule has 1 aromatic rings. The van der Waals surface area contributed by atoms with Gasteiger partial charge in [0.1, 0.15) is 0 Å². The van der Waals surface area contributed by atoms with Gasteiger partial charge in [0, 0.05) is 30.5 Å².